The molecule has 0 fully saturated rings. The van der Waals surface area contributed by atoms with E-state index in [0.29, 0.717) is 23.6 Å². The second kappa shape index (κ2) is 7.43. The number of furan rings is 1. The number of rotatable bonds is 6. The molecule has 1 aromatic heterocycles. The van der Waals surface area contributed by atoms with Crippen LogP contribution in [0, 0.1) is 5.82 Å². The molecule has 2 N–H and O–H groups in total. The zero-order valence-electron chi connectivity index (χ0n) is 13.4. The summed E-state index contributed by atoms with van der Waals surface area (Å²) in [5, 5.41) is 13.6. The molecule has 0 radical (unpaired) electrons. The van der Waals surface area contributed by atoms with Gasteiger partial charge in [-0.25, -0.2) is 4.39 Å². The SMILES string of the molecule is C[C@H](NCc1ccc(-c2ccccc2F)o1)[C@H](O)c1ccccc1. The molecule has 2 aromatic carbocycles. The van der Waals surface area contributed by atoms with E-state index in [1.807, 2.05) is 43.3 Å². The Morgan fingerprint density at radius 1 is 1.00 bits per heavy atom. The number of aliphatic hydroxyl groups excluding tert-OH is 1. The van der Waals surface area contributed by atoms with Gasteiger partial charge in [0, 0.05) is 6.04 Å². The maximum absolute atomic E-state index is 13.8. The third-order valence-corrected chi connectivity index (χ3v) is 4.01. The summed E-state index contributed by atoms with van der Waals surface area (Å²) >= 11 is 0. The number of benzene rings is 2. The van der Waals surface area contributed by atoms with Gasteiger partial charge in [0.2, 0.25) is 0 Å². The molecule has 1 heterocycles. The largest absolute Gasteiger partial charge is 0.460 e. The predicted molar refractivity (Wildman–Crippen MR) is 91.8 cm³/mol. The minimum Gasteiger partial charge on any atom is -0.460 e. The van der Waals surface area contributed by atoms with Crippen LogP contribution < -0.4 is 5.32 Å². The van der Waals surface area contributed by atoms with Crippen molar-refractivity contribution >= 4 is 0 Å². The topological polar surface area (TPSA) is 45.4 Å². The number of halogens is 1. The van der Waals surface area contributed by atoms with Crippen LogP contribution >= 0.6 is 0 Å². The Labute approximate surface area is 140 Å². The van der Waals surface area contributed by atoms with Crippen LogP contribution in [0.3, 0.4) is 0 Å². The Morgan fingerprint density at radius 3 is 2.46 bits per heavy atom. The summed E-state index contributed by atoms with van der Waals surface area (Å²) in [5.41, 5.74) is 1.31. The summed E-state index contributed by atoms with van der Waals surface area (Å²) in [6.45, 7) is 2.37. The summed E-state index contributed by atoms with van der Waals surface area (Å²) in [7, 11) is 0. The Hall–Kier alpha value is -2.43. The molecule has 0 amide bonds. The molecule has 3 nitrogen and oxygen atoms in total. The zero-order valence-corrected chi connectivity index (χ0v) is 13.4. The van der Waals surface area contributed by atoms with E-state index in [0.717, 1.165) is 5.56 Å². The van der Waals surface area contributed by atoms with Crippen molar-refractivity contribution in [3.8, 4) is 11.3 Å². The van der Waals surface area contributed by atoms with Gasteiger partial charge in [-0.1, -0.05) is 42.5 Å². The van der Waals surface area contributed by atoms with Gasteiger partial charge in [-0.2, -0.15) is 0 Å². The summed E-state index contributed by atoms with van der Waals surface area (Å²) < 4.78 is 19.5. The molecule has 124 valence electrons. The van der Waals surface area contributed by atoms with Gasteiger partial charge in [0.05, 0.1) is 18.2 Å². The summed E-state index contributed by atoms with van der Waals surface area (Å²) in [5.74, 6) is 0.890. The van der Waals surface area contributed by atoms with E-state index in [1.165, 1.54) is 6.07 Å². The lowest BCUT2D eigenvalue weighted by atomic mass is 10.0. The van der Waals surface area contributed by atoms with E-state index in [1.54, 1.807) is 24.3 Å². The summed E-state index contributed by atoms with van der Waals surface area (Å²) in [6.07, 6.45) is -0.604. The fourth-order valence-corrected chi connectivity index (χ4v) is 2.59. The highest BCUT2D eigenvalue weighted by Crippen LogP contribution is 2.25. The van der Waals surface area contributed by atoms with E-state index in [-0.39, 0.29) is 11.9 Å². The average Bonchev–Trinajstić information content (AvgIpc) is 3.09. The van der Waals surface area contributed by atoms with Crippen molar-refractivity contribution in [1.29, 1.82) is 0 Å². The van der Waals surface area contributed by atoms with Crippen molar-refractivity contribution in [2.75, 3.05) is 0 Å². The molecular formula is C20H20FNO2. The van der Waals surface area contributed by atoms with Crippen molar-refractivity contribution in [3.63, 3.8) is 0 Å². The number of aliphatic hydroxyl groups is 1. The quantitative estimate of drug-likeness (QED) is 0.710. The Kier molecular flexibility index (Phi) is 5.08. The highest BCUT2D eigenvalue weighted by Gasteiger charge is 2.16. The van der Waals surface area contributed by atoms with E-state index in [4.69, 9.17) is 4.42 Å². The second-order valence-electron chi connectivity index (χ2n) is 5.77. The van der Waals surface area contributed by atoms with Gasteiger partial charge in [0.1, 0.15) is 17.3 Å². The van der Waals surface area contributed by atoms with Gasteiger partial charge < -0.3 is 14.8 Å². The third kappa shape index (κ3) is 3.72. The monoisotopic (exact) mass is 325 g/mol. The highest BCUT2D eigenvalue weighted by atomic mass is 19.1. The zero-order chi connectivity index (χ0) is 16.9. The second-order valence-corrected chi connectivity index (χ2v) is 5.77. The molecule has 0 saturated heterocycles. The first-order valence-corrected chi connectivity index (χ1v) is 7.95. The van der Waals surface area contributed by atoms with Crippen molar-refractivity contribution in [3.05, 3.63) is 83.9 Å². The first kappa shape index (κ1) is 16.4. The number of hydrogen-bond acceptors (Lipinski definition) is 3. The molecular weight excluding hydrogens is 305 g/mol. The Bertz CT molecular complexity index is 785. The minimum atomic E-state index is -0.604. The van der Waals surface area contributed by atoms with Crippen molar-refractivity contribution in [2.45, 2.75) is 25.6 Å². The normalized spacial score (nSPS) is 13.6. The van der Waals surface area contributed by atoms with Crippen molar-refractivity contribution in [2.24, 2.45) is 0 Å². The molecule has 4 heteroatoms. The predicted octanol–water partition coefficient (Wildman–Crippen LogP) is 4.30. The molecule has 0 unspecified atom stereocenters. The van der Waals surface area contributed by atoms with Crippen molar-refractivity contribution < 1.29 is 13.9 Å². The lowest BCUT2D eigenvalue weighted by Crippen LogP contribution is -2.31. The van der Waals surface area contributed by atoms with Crippen LogP contribution in [0.25, 0.3) is 11.3 Å². The first-order chi connectivity index (χ1) is 11.6. The number of hydrogen-bond donors (Lipinski definition) is 2. The van der Waals surface area contributed by atoms with Gasteiger partial charge in [0.15, 0.2) is 0 Å². The lowest BCUT2D eigenvalue weighted by molar-refractivity contribution is 0.134. The van der Waals surface area contributed by atoms with Gasteiger partial charge in [-0.3, -0.25) is 0 Å². The van der Waals surface area contributed by atoms with E-state index in [2.05, 4.69) is 5.32 Å². The first-order valence-electron chi connectivity index (χ1n) is 7.95. The fourth-order valence-electron chi connectivity index (χ4n) is 2.59. The Balaban J connectivity index is 1.62. The Morgan fingerprint density at radius 2 is 1.71 bits per heavy atom. The summed E-state index contributed by atoms with van der Waals surface area (Å²) in [6, 6.07) is 19.5. The molecule has 0 spiro atoms. The lowest BCUT2D eigenvalue weighted by Gasteiger charge is -2.20. The molecule has 3 aromatic rings. The van der Waals surface area contributed by atoms with E-state index >= 15 is 0 Å². The molecule has 24 heavy (non-hydrogen) atoms. The van der Waals surface area contributed by atoms with Crippen LogP contribution in [-0.4, -0.2) is 11.1 Å². The van der Waals surface area contributed by atoms with Crippen LogP contribution in [0.4, 0.5) is 4.39 Å². The average molecular weight is 325 g/mol. The van der Waals surface area contributed by atoms with Crippen LogP contribution in [0.15, 0.2) is 71.1 Å². The van der Waals surface area contributed by atoms with E-state index in [9.17, 15) is 9.50 Å². The van der Waals surface area contributed by atoms with Crippen LogP contribution in [0.2, 0.25) is 0 Å². The molecule has 3 rings (SSSR count). The molecule has 0 saturated carbocycles. The maximum atomic E-state index is 13.8. The highest BCUT2D eigenvalue weighted by molar-refractivity contribution is 5.58. The third-order valence-electron chi connectivity index (χ3n) is 4.01. The molecule has 0 bridgehead atoms. The molecule has 0 aliphatic rings. The fraction of sp³-hybridized carbons (Fsp3) is 0.200. The minimum absolute atomic E-state index is 0.144. The maximum Gasteiger partial charge on any atom is 0.137 e. The standard InChI is InChI=1S/C20H20FNO2/c1-14(20(23)15-7-3-2-4-8-15)22-13-16-11-12-19(24-16)17-9-5-6-10-18(17)21/h2-12,14,20,22-23H,13H2,1H3/t14-,20-/m0/s1. The van der Waals surface area contributed by atoms with Crippen LogP contribution in [0.5, 0.6) is 0 Å². The van der Waals surface area contributed by atoms with E-state index < -0.39 is 6.10 Å². The molecule has 0 aliphatic heterocycles. The molecule has 0 aliphatic carbocycles. The van der Waals surface area contributed by atoms with Crippen LogP contribution in [0.1, 0.15) is 24.4 Å². The van der Waals surface area contributed by atoms with Gasteiger partial charge >= 0.3 is 0 Å². The smallest absolute Gasteiger partial charge is 0.137 e. The number of nitrogens with one attached hydrogen (secondary N) is 1. The van der Waals surface area contributed by atoms with Gasteiger partial charge in [-0.05, 0) is 36.8 Å². The summed E-state index contributed by atoms with van der Waals surface area (Å²) in [4.78, 5) is 0. The van der Waals surface area contributed by atoms with Gasteiger partial charge in [-0.15, -0.1) is 0 Å². The van der Waals surface area contributed by atoms with Crippen LogP contribution in [-0.2, 0) is 6.54 Å². The van der Waals surface area contributed by atoms with Gasteiger partial charge in [0.25, 0.3) is 0 Å². The molecule has 2 atom stereocenters. The van der Waals surface area contributed by atoms with Crippen molar-refractivity contribution in [1.82, 2.24) is 5.32 Å².